The first-order chi connectivity index (χ1) is 13.5. The Morgan fingerprint density at radius 3 is 2.61 bits per heavy atom. The zero-order chi connectivity index (χ0) is 20.3. The van der Waals surface area contributed by atoms with Crippen molar-refractivity contribution in [2.45, 2.75) is 33.1 Å². The summed E-state index contributed by atoms with van der Waals surface area (Å²) in [6.45, 7) is 5.23. The Bertz CT molecular complexity index is 881. The summed E-state index contributed by atoms with van der Waals surface area (Å²) in [6, 6.07) is 7.28. The van der Waals surface area contributed by atoms with Crippen molar-refractivity contribution in [3.63, 3.8) is 0 Å². The van der Waals surface area contributed by atoms with Crippen molar-refractivity contribution in [2.75, 3.05) is 32.3 Å². The van der Waals surface area contributed by atoms with Gasteiger partial charge in [0.15, 0.2) is 11.5 Å². The van der Waals surface area contributed by atoms with Gasteiger partial charge in [-0.15, -0.1) is 0 Å². The summed E-state index contributed by atoms with van der Waals surface area (Å²) in [5, 5.41) is 0.365. The molecule has 3 rings (SSSR count). The smallest absolute Gasteiger partial charge is 0.258 e. The Balaban J connectivity index is 2.03. The van der Waals surface area contributed by atoms with Crippen molar-refractivity contribution in [1.29, 1.82) is 0 Å². The number of anilines is 1. The maximum atomic E-state index is 13.4. The van der Waals surface area contributed by atoms with E-state index in [-0.39, 0.29) is 5.91 Å². The largest absolute Gasteiger partial charge is 0.495 e. The van der Waals surface area contributed by atoms with Gasteiger partial charge in [0.2, 0.25) is 0 Å². The monoisotopic (exact) mass is 403 g/mol. The summed E-state index contributed by atoms with van der Waals surface area (Å²) < 4.78 is 16.7. The molecule has 0 saturated carbocycles. The molecule has 1 heterocycles. The molecule has 0 atom stereocenters. The van der Waals surface area contributed by atoms with Crippen molar-refractivity contribution in [2.24, 2.45) is 0 Å². The zero-order valence-corrected chi connectivity index (χ0v) is 17.6. The second-order valence-electron chi connectivity index (χ2n) is 6.81. The van der Waals surface area contributed by atoms with Crippen LogP contribution in [0.5, 0.6) is 17.2 Å². The molecular formula is C22H26ClNO4. The van der Waals surface area contributed by atoms with E-state index in [1.54, 1.807) is 31.3 Å². The fraction of sp³-hybridized carbons (Fsp3) is 0.409. The fourth-order valence-electron chi connectivity index (χ4n) is 3.56. The Morgan fingerprint density at radius 2 is 1.93 bits per heavy atom. The van der Waals surface area contributed by atoms with Crippen LogP contribution >= 0.6 is 11.6 Å². The molecule has 0 aliphatic carbocycles. The average molecular weight is 404 g/mol. The van der Waals surface area contributed by atoms with Crippen LogP contribution in [-0.2, 0) is 6.42 Å². The first kappa shape index (κ1) is 20.3. The molecule has 0 bridgehead atoms. The summed E-state index contributed by atoms with van der Waals surface area (Å²) in [4.78, 5) is 15.2. The van der Waals surface area contributed by atoms with E-state index in [2.05, 4.69) is 6.92 Å². The number of hydrogen-bond donors (Lipinski definition) is 0. The van der Waals surface area contributed by atoms with Gasteiger partial charge in [0.25, 0.3) is 5.91 Å². The molecule has 0 aromatic heterocycles. The van der Waals surface area contributed by atoms with Gasteiger partial charge in [0.1, 0.15) is 5.75 Å². The van der Waals surface area contributed by atoms with Gasteiger partial charge in [-0.2, -0.15) is 0 Å². The van der Waals surface area contributed by atoms with Gasteiger partial charge in [-0.25, -0.2) is 0 Å². The lowest BCUT2D eigenvalue weighted by atomic mass is 9.95. The average Bonchev–Trinajstić information content (AvgIpc) is 2.72. The van der Waals surface area contributed by atoms with E-state index in [0.717, 1.165) is 36.1 Å². The first-order valence-corrected chi connectivity index (χ1v) is 9.88. The van der Waals surface area contributed by atoms with Gasteiger partial charge >= 0.3 is 0 Å². The van der Waals surface area contributed by atoms with Crippen molar-refractivity contribution >= 4 is 23.2 Å². The Kier molecular flexibility index (Phi) is 6.35. The van der Waals surface area contributed by atoms with E-state index in [1.807, 2.05) is 19.1 Å². The molecule has 5 nitrogen and oxygen atoms in total. The maximum absolute atomic E-state index is 13.4. The SMILES string of the molecule is CCCOc1c(Cl)cc(C(=O)N2CCCc3c(C)ccc(OC)c32)cc1OC. The van der Waals surface area contributed by atoms with E-state index in [9.17, 15) is 4.79 Å². The quantitative estimate of drug-likeness (QED) is 0.677. The minimum Gasteiger partial charge on any atom is -0.495 e. The lowest BCUT2D eigenvalue weighted by Gasteiger charge is -2.32. The molecule has 0 radical (unpaired) electrons. The van der Waals surface area contributed by atoms with Crippen LogP contribution in [0.4, 0.5) is 5.69 Å². The molecule has 0 N–H and O–H groups in total. The Labute approximate surface area is 171 Å². The third kappa shape index (κ3) is 3.76. The number of rotatable bonds is 6. The van der Waals surface area contributed by atoms with Crippen molar-refractivity contribution in [3.05, 3.63) is 46.0 Å². The molecule has 1 aliphatic rings. The molecule has 0 unspecified atom stereocenters. The second-order valence-corrected chi connectivity index (χ2v) is 7.22. The number of aryl methyl sites for hydroxylation is 1. The zero-order valence-electron chi connectivity index (χ0n) is 16.8. The number of carbonyl (C=O) groups excluding carboxylic acids is 1. The normalized spacial score (nSPS) is 13.1. The lowest BCUT2D eigenvalue weighted by Crippen LogP contribution is -2.36. The van der Waals surface area contributed by atoms with E-state index in [0.29, 0.717) is 41.0 Å². The van der Waals surface area contributed by atoms with E-state index in [4.69, 9.17) is 25.8 Å². The van der Waals surface area contributed by atoms with E-state index < -0.39 is 0 Å². The number of methoxy groups -OCH3 is 2. The standard InChI is InChI=1S/C22H26ClNO4/c1-5-11-28-21-17(23)12-15(13-19(21)27-4)22(25)24-10-6-7-16-14(2)8-9-18(26-3)20(16)24/h8-9,12-13H,5-7,10-11H2,1-4H3. The minimum atomic E-state index is -0.132. The van der Waals surface area contributed by atoms with E-state index >= 15 is 0 Å². The van der Waals surface area contributed by atoms with Crippen LogP contribution in [0.2, 0.25) is 5.02 Å². The van der Waals surface area contributed by atoms with Gasteiger partial charge in [-0.05, 0) is 55.5 Å². The molecule has 1 amide bonds. The first-order valence-electron chi connectivity index (χ1n) is 9.50. The van der Waals surface area contributed by atoms with Crippen LogP contribution in [0.1, 0.15) is 41.3 Å². The highest BCUT2D eigenvalue weighted by molar-refractivity contribution is 6.33. The topological polar surface area (TPSA) is 48.0 Å². The number of benzene rings is 2. The van der Waals surface area contributed by atoms with Crippen molar-refractivity contribution < 1.29 is 19.0 Å². The number of hydrogen-bond acceptors (Lipinski definition) is 4. The van der Waals surface area contributed by atoms with Gasteiger partial charge in [-0.1, -0.05) is 24.6 Å². The number of fused-ring (bicyclic) bond motifs is 1. The third-order valence-corrected chi connectivity index (χ3v) is 5.23. The third-order valence-electron chi connectivity index (χ3n) is 4.95. The van der Waals surface area contributed by atoms with Crippen LogP contribution < -0.4 is 19.1 Å². The summed E-state index contributed by atoms with van der Waals surface area (Å²) >= 11 is 6.42. The minimum absolute atomic E-state index is 0.132. The van der Waals surface area contributed by atoms with Crippen LogP contribution in [-0.4, -0.2) is 33.3 Å². The molecule has 150 valence electrons. The molecule has 0 saturated heterocycles. The molecule has 1 aliphatic heterocycles. The summed E-state index contributed by atoms with van der Waals surface area (Å²) in [7, 11) is 3.17. The van der Waals surface area contributed by atoms with Crippen molar-refractivity contribution in [3.8, 4) is 17.2 Å². The number of carbonyl (C=O) groups is 1. The summed E-state index contributed by atoms with van der Waals surface area (Å²) in [6.07, 6.45) is 2.68. The lowest BCUT2D eigenvalue weighted by molar-refractivity contribution is 0.0984. The molecule has 2 aromatic rings. The molecule has 2 aromatic carbocycles. The maximum Gasteiger partial charge on any atom is 0.258 e. The number of nitrogens with zero attached hydrogens (tertiary/aromatic N) is 1. The molecule has 6 heteroatoms. The molecule has 0 fully saturated rings. The Hall–Kier alpha value is -2.40. The number of amides is 1. The fourth-order valence-corrected chi connectivity index (χ4v) is 3.83. The van der Waals surface area contributed by atoms with Crippen LogP contribution in [0, 0.1) is 6.92 Å². The Morgan fingerprint density at radius 1 is 1.18 bits per heavy atom. The van der Waals surface area contributed by atoms with Crippen LogP contribution in [0.3, 0.4) is 0 Å². The molecular weight excluding hydrogens is 378 g/mol. The van der Waals surface area contributed by atoms with E-state index in [1.165, 1.54) is 0 Å². The van der Waals surface area contributed by atoms with Gasteiger partial charge in [-0.3, -0.25) is 4.79 Å². The summed E-state index contributed by atoms with van der Waals surface area (Å²) in [5.74, 6) is 1.49. The number of ether oxygens (including phenoxy) is 3. The molecule has 28 heavy (non-hydrogen) atoms. The highest BCUT2D eigenvalue weighted by Gasteiger charge is 2.29. The molecule has 0 spiro atoms. The second kappa shape index (κ2) is 8.74. The predicted molar refractivity (Wildman–Crippen MR) is 112 cm³/mol. The van der Waals surface area contributed by atoms with Gasteiger partial charge < -0.3 is 19.1 Å². The number of halogens is 1. The van der Waals surface area contributed by atoms with Crippen molar-refractivity contribution in [1.82, 2.24) is 0 Å². The highest BCUT2D eigenvalue weighted by atomic mass is 35.5. The van der Waals surface area contributed by atoms with Crippen LogP contribution in [0.15, 0.2) is 24.3 Å². The summed E-state index contributed by atoms with van der Waals surface area (Å²) in [5.41, 5.74) is 3.62. The van der Waals surface area contributed by atoms with Crippen LogP contribution in [0.25, 0.3) is 0 Å². The van der Waals surface area contributed by atoms with Gasteiger partial charge in [0.05, 0.1) is 31.5 Å². The van der Waals surface area contributed by atoms with Gasteiger partial charge in [0, 0.05) is 12.1 Å². The predicted octanol–water partition coefficient (Wildman–Crippen LogP) is 5.05. The highest BCUT2D eigenvalue weighted by Crippen LogP contribution is 2.41.